The summed E-state index contributed by atoms with van der Waals surface area (Å²) in [6, 6.07) is 18.4. The van der Waals surface area contributed by atoms with Gasteiger partial charge in [0.1, 0.15) is 5.82 Å². The van der Waals surface area contributed by atoms with E-state index in [4.69, 9.17) is 25.8 Å². The van der Waals surface area contributed by atoms with Crippen LogP contribution in [0.25, 0.3) is 17.0 Å². The molecule has 5 rings (SSSR count). The number of nitrogens with zero attached hydrogens (tertiary/aromatic N) is 3. The molecule has 0 saturated carbocycles. The predicted molar refractivity (Wildman–Crippen MR) is 139 cm³/mol. The van der Waals surface area contributed by atoms with Gasteiger partial charge in [-0.05, 0) is 42.0 Å². The van der Waals surface area contributed by atoms with Crippen molar-refractivity contribution in [3.8, 4) is 11.4 Å². The van der Waals surface area contributed by atoms with Crippen molar-refractivity contribution in [2.45, 2.75) is 13.2 Å². The van der Waals surface area contributed by atoms with Crippen molar-refractivity contribution in [1.29, 1.82) is 5.41 Å². The normalized spacial score (nSPS) is 12.6. The predicted octanol–water partition coefficient (Wildman–Crippen LogP) is 4.51. The maximum absolute atomic E-state index is 12.5. The highest BCUT2D eigenvalue weighted by Crippen LogP contribution is 2.31. The fourth-order valence-corrected chi connectivity index (χ4v) is 3.83. The Morgan fingerprint density at radius 1 is 1.00 bits per heavy atom. The summed E-state index contributed by atoms with van der Waals surface area (Å²) in [5.74, 6) is 0.935. The number of benzene rings is 2. The van der Waals surface area contributed by atoms with Crippen molar-refractivity contribution in [3.05, 3.63) is 102 Å². The monoisotopic (exact) mass is 477 g/mol. The molecule has 0 saturated heterocycles. The lowest BCUT2D eigenvalue weighted by Crippen LogP contribution is -2.12. The zero-order valence-electron chi connectivity index (χ0n) is 19.2. The summed E-state index contributed by atoms with van der Waals surface area (Å²) in [6.07, 6.45) is 5.77. The van der Waals surface area contributed by atoms with Crippen LogP contribution in [0.2, 0.25) is 0 Å². The molecular formula is C27H23N7O2. The van der Waals surface area contributed by atoms with Gasteiger partial charge in [0.2, 0.25) is 0 Å². The summed E-state index contributed by atoms with van der Waals surface area (Å²) < 4.78 is 5.64. The average molecular weight is 478 g/mol. The third-order valence-corrected chi connectivity index (χ3v) is 5.70. The van der Waals surface area contributed by atoms with E-state index in [9.17, 15) is 4.79 Å². The minimum atomic E-state index is -0.245. The van der Waals surface area contributed by atoms with Gasteiger partial charge < -0.3 is 26.5 Å². The molecule has 0 spiro atoms. The third-order valence-electron chi connectivity index (χ3n) is 5.70. The van der Waals surface area contributed by atoms with E-state index >= 15 is 0 Å². The fraction of sp³-hybridized carbons (Fsp3) is 0.0741. The van der Waals surface area contributed by atoms with Crippen LogP contribution in [0.3, 0.4) is 0 Å². The van der Waals surface area contributed by atoms with Gasteiger partial charge in [-0.3, -0.25) is 9.78 Å². The average Bonchev–Trinajstić information content (AvgIpc) is 3.40. The van der Waals surface area contributed by atoms with E-state index in [1.54, 1.807) is 18.3 Å². The maximum atomic E-state index is 12.5. The zero-order chi connectivity index (χ0) is 24.9. The quantitative estimate of drug-likeness (QED) is 0.287. The van der Waals surface area contributed by atoms with Gasteiger partial charge >= 0.3 is 0 Å². The number of nitrogens with two attached hydrogens (primary N) is 1. The number of pyridine rings is 1. The van der Waals surface area contributed by atoms with Crippen LogP contribution in [-0.2, 0) is 18.0 Å². The third kappa shape index (κ3) is 4.82. The van der Waals surface area contributed by atoms with Crippen LogP contribution in [0.4, 0.5) is 17.2 Å². The van der Waals surface area contributed by atoms with E-state index in [2.05, 4.69) is 15.6 Å². The summed E-state index contributed by atoms with van der Waals surface area (Å²) in [5, 5.41) is 13.7. The van der Waals surface area contributed by atoms with Crippen molar-refractivity contribution >= 4 is 34.9 Å². The Hall–Kier alpha value is -4.89. The molecule has 0 atom stereocenters. The molecule has 1 aliphatic heterocycles. The van der Waals surface area contributed by atoms with E-state index in [1.165, 1.54) is 18.6 Å². The zero-order valence-corrected chi connectivity index (χ0v) is 19.2. The van der Waals surface area contributed by atoms with Crippen molar-refractivity contribution in [1.82, 2.24) is 15.0 Å². The fourth-order valence-electron chi connectivity index (χ4n) is 3.83. The Bertz CT molecular complexity index is 1450. The highest BCUT2D eigenvalue weighted by Gasteiger charge is 2.21. The molecule has 3 heterocycles. The molecular weight excluding hydrogens is 454 g/mol. The lowest BCUT2D eigenvalue weighted by molar-refractivity contribution is 0.102. The van der Waals surface area contributed by atoms with E-state index in [1.807, 2.05) is 48.5 Å². The number of fused-ring (bicyclic) bond motifs is 1. The van der Waals surface area contributed by atoms with Gasteiger partial charge in [-0.15, -0.1) is 0 Å². The van der Waals surface area contributed by atoms with Crippen molar-refractivity contribution < 1.29 is 9.53 Å². The van der Waals surface area contributed by atoms with Gasteiger partial charge in [0, 0.05) is 52.9 Å². The Balaban J connectivity index is 1.42. The number of rotatable bonds is 7. The first kappa shape index (κ1) is 22.9. The lowest BCUT2D eigenvalue weighted by atomic mass is 10.1. The molecule has 0 unspecified atom stereocenters. The molecule has 0 bridgehead atoms. The van der Waals surface area contributed by atoms with E-state index in [0.29, 0.717) is 41.7 Å². The minimum absolute atomic E-state index is 0.245. The van der Waals surface area contributed by atoms with Crippen molar-refractivity contribution in [3.63, 3.8) is 0 Å². The van der Waals surface area contributed by atoms with Crippen LogP contribution in [0.5, 0.6) is 0 Å². The number of nitrogens with one attached hydrogen (secondary N) is 3. The number of allylic oxidation sites excluding steroid dienone is 1. The molecule has 4 aromatic rings. The minimum Gasteiger partial charge on any atom is -0.404 e. The van der Waals surface area contributed by atoms with Gasteiger partial charge in [-0.2, -0.15) is 0 Å². The number of hydrogen-bond donors (Lipinski definition) is 4. The topological polar surface area (TPSA) is 139 Å². The second-order valence-electron chi connectivity index (χ2n) is 8.06. The number of anilines is 3. The highest BCUT2D eigenvalue weighted by molar-refractivity contribution is 6.08. The van der Waals surface area contributed by atoms with Gasteiger partial charge in [0.15, 0.2) is 5.82 Å². The number of ether oxygens (including phenoxy) is 1. The van der Waals surface area contributed by atoms with Gasteiger partial charge in [0.25, 0.3) is 5.91 Å². The van der Waals surface area contributed by atoms with E-state index in [0.717, 1.165) is 28.1 Å². The number of carbonyl (C=O) groups is 1. The van der Waals surface area contributed by atoms with Gasteiger partial charge in [-0.1, -0.05) is 24.3 Å². The first-order valence-corrected chi connectivity index (χ1v) is 11.2. The van der Waals surface area contributed by atoms with Crippen molar-refractivity contribution in [2.24, 2.45) is 5.73 Å². The Morgan fingerprint density at radius 2 is 1.86 bits per heavy atom. The van der Waals surface area contributed by atoms with Crippen molar-refractivity contribution in [2.75, 3.05) is 10.6 Å². The summed E-state index contributed by atoms with van der Waals surface area (Å²) in [4.78, 5) is 26.0. The van der Waals surface area contributed by atoms with E-state index < -0.39 is 0 Å². The van der Waals surface area contributed by atoms with E-state index in [-0.39, 0.29) is 5.91 Å². The lowest BCUT2D eigenvalue weighted by Gasteiger charge is -2.13. The largest absolute Gasteiger partial charge is 0.404 e. The Labute approximate surface area is 207 Å². The van der Waals surface area contributed by atoms with Crippen LogP contribution < -0.4 is 16.4 Å². The number of amides is 1. The second-order valence-corrected chi connectivity index (χ2v) is 8.06. The number of hydrogen-bond acceptors (Lipinski definition) is 8. The molecule has 9 nitrogen and oxygen atoms in total. The summed E-state index contributed by atoms with van der Waals surface area (Å²) in [7, 11) is 0. The molecule has 178 valence electrons. The number of carbonyl (C=O) groups excluding carboxylic acids is 1. The molecule has 36 heavy (non-hydrogen) atoms. The van der Waals surface area contributed by atoms with Gasteiger partial charge in [0.05, 0.1) is 24.5 Å². The Morgan fingerprint density at radius 3 is 2.61 bits per heavy atom. The van der Waals surface area contributed by atoms with Crippen LogP contribution >= 0.6 is 0 Å². The molecule has 0 fully saturated rings. The standard InChI is InChI=1S/C27H23N7O2/c28-12-20(13-29)17-6-8-21(9-7-17)31-26-23-15-36-16-24(23)33-25(34-26)18-3-1-5-22(11-18)32-27(35)19-4-2-10-30-14-19/h1-14,28H,15-16,29H2,(H,32,35)(H,31,33,34)/b20-13+,28-12?. The number of aromatic nitrogens is 3. The smallest absolute Gasteiger partial charge is 0.257 e. The summed E-state index contributed by atoms with van der Waals surface area (Å²) in [6.45, 7) is 0.824. The van der Waals surface area contributed by atoms with Crippen LogP contribution in [-0.4, -0.2) is 27.1 Å². The van der Waals surface area contributed by atoms with Crippen LogP contribution in [0.1, 0.15) is 27.2 Å². The summed E-state index contributed by atoms with van der Waals surface area (Å²) >= 11 is 0. The maximum Gasteiger partial charge on any atom is 0.257 e. The second kappa shape index (κ2) is 10.2. The molecule has 2 aromatic heterocycles. The van der Waals surface area contributed by atoms with Crippen LogP contribution in [0, 0.1) is 5.41 Å². The SMILES string of the molecule is N=C/C(=C\N)c1ccc(Nc2nc(-c3cccc(NC(=O)c4cccnc4)c3)nc3c2COC3)cc1. The molecule has 9 heteroatoms. The van der Waals surface area contributed by atoms with Crippen LogP contribution in [0.15, 0.2) is 79.3 Å². The van der Waals surface area contributed by atoms with Gasteiger partial charge in [-0.25, -0.2) is 9.97 Å². The highest BCUT2D eigenvalue weighted by atomic mass is 16.5. The molecule has 0 radical (unpaired) electrons. The first-order valence-electron chi connectivity index (χ1n) is 11.2. The molecule has 2 aromatic carbocycles. The summed E-state index contributed by atoms with van der Waals surface area (Å²) in [5.41, 5.74) is 11.5. The molecule has 5 N–H and O–H groups in total. The molecule has 1 aliphatic rings. The first-order chi connectivity index (χ1) is 17.6. The molecule has 1 amide bonds. The Kier molecular flexibility index (Phi) is 6.46. The molecule has 0 aliphatic carbocycles.